The van der Waals surface area contributed by atoms with Crippen molar-refractivity contribution in [2.75, 3.05) is 17.2 Å². The van der Waals surface area contributed by atoms with Gasteiger partial charge in [0.15, 0.2) is 0 Å². The topological polar surface area (TPSA) is 54.5 Å². The SMILES string of the molecule is CC(=O)CCN1C(=O)CSc2ccc(C=O)cc21. The lowest BCUT2D eigenvalue weighted by Crippen LogP contribution is -2.36. The summed E-state index contributed by atoms with van der Waals surface area (Å²) in [7, 11) is 0. The normalized spacial score (nSPS) is 14.3. The number of rotatable bonds is 4. The van der Waals surface area contributed by atoms with E-state index in [4.69, 9.17) is 0 Å². The highest BCUT2D eigenvalue weighted by atomic mass is 32.2. The van der Waals surface area contributed by atoms with Gasteiger partial charge in [0.1, 0.15) is 12.1 Å². The molecule has 0 bridgehead atoms. The zero-order valence-electron chi connectivity index (χ0n) is 10.0. The molecule has 5 heteroatoms. The minimum atomic E-state index is -0.0169. The Morgan fingerprint density at radius 3 is 2.94 bits per heavy atom. The summed E-state index contributed by atoms with van der Waals surface area (Å²) in [4.78, 5) is 36.3. The van der Waals surface area contributed by atoms with E-state index in [1.54, 1.807) is 17.0 Å². The molecule has 1 heterocycles. The Kier molecular flexibility index (Phi) is 3.81. The summed E-state index contributed by atoms with van der Waals surface area (Å²) < 4.78 is 0. The number of fused-ring (bicyclic) bond motifs is 1. The minimum absolute atomic E-state index is 0.0169. The molecule has 0 saturated carbocycles. The maximum atomic E-state index is 11.9. The number of hydrogen-bond donors (Lipinski definition) is 0. The molecule has 0 spiro atoms. The smallest absolute Gasteiger partial charge is 0.237 e. The summed E-state index contributed by atoms with van der Waals surface area (Å²) >= 11 is 1.46. The number of hydrogen-bond acceptors (Lipinski definition) is 4. The van der Waals surface area contributed by atoms with Crippen LogP contribution in [0.3, 0.4) is 0 Å². The number of benzene rings is 1. The number of Topliss-reactive ketones (excluding diaryl/α,β-unsaturated/α-hetero) is 1. The Labute approximate surface area is 109 Å². The van der Waals surface area contributed by atoms with Gasteiger partial charge in [0, 0.05) is 23.4 Å². The van der Waals surface area contributed by atoms with Crippen LogP contribution in [0, 0.1) is 0 Å². The Morgan fingerprint density at radius 1 is 1.50 bits per heavy atom. The van der Waals surface area contributed by atoms with E-state index in [9.17, 15) is 14.4 Å². The Bertz CT molecular complexity index is 513. The average Bonchev–Trinajstić information content (AvgIpc) is 2.36. The molecule has 94 valence electrons. The first kappa shape index (κ1) is 12.8. The predicted octanol–water partition coefficient (Wildman–Crippen LogP) is 1.92. The van der Waals surface area contributed by atoms with Gasteiger partial charge in [0.05, 0.1) is 11.4 Å². The first-order valence-electron chi connectivity index (χ1n) is 5.63. The van der Waals surface area contributed by atoms with Crippen LogP contribution in [0.1, 0.15) is 23.7 Å². The van der Waals surface area contributed by atoms with Crippen molar-refractivity contribution in [1.82, 2.24) is 0 Å². The van der Waals surface area contributed by atoms with E-state index in [2.05, 4.69) is 0 Å². The van der Waals surface area contributed by atoms with Crippen LogP contribution in [0.15, 0.2) is 23.1 Å². The molecule has 0 radical (unpaired) electrons. The summed E-state index contributed by atoms with van der Waals surface area (Å²) in [6.07, 6.45) is 1.09. The van der Waals surface area contributed by atoms with Gasteiger partial charge in [-0.3, -0.25) is 14.4 Å². The highest BCUT2D eigenvalue weighted by Gasteiger charge is 2.24. The summed E-state index contributed by atoms with van der Waals surface area (Å²) in [5.41, 5.74) is 1.28. The lowest BCUT2D eigenvalue weighted by Gasteiger charge is -2.28. The Hall–Kier alpha value is -1.62. The van der Waals surface area contributed by atoms with Crippen molar-refractivity contribution in [2.24, 2.45) is 0 Å². The highest BCUT2D eigenvalue weighted by Crippen LogP contribution is 2.35. The predicted molar refractivity (Wildman–Crippen MR) is 70.2 cm³/mol. The van der Waals surface area contributed by atoms with Gasteiger partial charge in [-0.25, -0.2) is 0 Å². The molecule has 2 rings (SSSR count). The molecule has 0 unspecified atom stereocenters. The van der Waals surface area contributed by atoms with Crippen molar-refractivity contribution in [2.45, 2.75) is 18.2 Å². The quantitative estimate of drug-likeness (QED) is 0.779. The number of amides is 1. The third-order valence-corrected chi connectivity index (χ3v) is 3.80. The highest BCUT2D eigenvalue weighted by molar-refractivity contribution is 8.00. The van der Waals surface area contributed by atoms with Crippen molar-refractivity contribution in [3.05, 3.63) is 23.8 Å². The monoisotopic (exact) mass is 263 g/mol. The summed E-state index contributed by atoms with van der Waals surface area (Å²) in [5.74, 6) is 0.414. The number of aldehydes is 1. The van der Waals surface area contributed by atoms with Gasteiger partial charge in [-0.15, -0.1) is 11.8 Å². The van der Waals surface area contributed by atoms with Crippen LogP contribution in [-0.2, 0) is 9.59 Å². The van der Waals surface area contributed by atoms with Crippen molar-refractivity contribution in [3.63, 3.8) is 0 Å². The molecule has 0 saturated heterocycles. The zero-order chi connectivity index (χ0) is 13.1. The third-order valence-electron chi connectivity index (χ3n) is 2.75. The number of ketones is 1. The molecule has 1 amide bonds. The lowest BCUT2D eigenvalue weighted by molar-refractivity contribution is -0.117. The number of carbonyl (C=O) groups is 3. The number of anilines is 1. The summed E-state index contributed by atoms with van der Waals surface area (Å²) in [6.45, 7) is 1.88. The molecule has 18 heavy (non-hydrogen) atoms. The Balaban J connectivity index is 2.32. The summed E-state index contributed by atoms with van der Waals surface area (Å²) in [5, 5.41) is 0. The maximum absolute atomic E-state index is 11.9. The second kappa shape index (κ2) is 5.35. The van der Waals surface area contributed by atoms with Crippen molar-refractivity contribution >= 4 is 35.4 Å². The van der Waals surface area contributed by atoms with E-state index >= 15 is 0 Å². The molecule has 1 aliphatic rings. The maximum Gasteiger partial charge on any atom is 0.237 e. The minimum Gasteiger partial charge on any atom is -0.310 e. The fraction of sp³-hybridized carbons (Fsp3) is 0.308. The van der Waals surface area contributed by atoms with Crippen LogP contribution in [0.4, 0.5) is 5.69 Å². The van der Waals surface area contributed by atoms with Crippen molar-refractivity contribution in [1.29, 1.82) is 0 Å². The van der Waals surface area contributed by atoms with Gasteiger partial charge >= 0.3 is 0 Å². The summed E-state index contributed by atoms with van der Waals surface area (Å²) in [6, 6.07) is 5.28. The second-order valence-electron chi connectivity index (χ2n) is 4.13. The fourth-order valence-electron chi connectivity index (χ4n) is 1.81. The van der Waals surface area contributed by atoms with E-state index < -0.39 is 0 Å². The lowest BCUT2D eigenvalue weighted by atomic mass is 10.2. The molecule has 0 atom stereocenters. The molecular formula is C13H13NO3S. The van der Waals surface area contributed by atoms with E-state index in [1.165, 1.54) is 18.7 Å². The van der Waals surface area contributed by atoms with E-state index in [1.807, 2.05) is 6.07 Å². The number of nitrogens with zero attached hydrogens (tertiary/aromatic N) is 1. The van der Waals surface area contributed by atoms with E-state index in [-0.39, 0.29) is 11.7 Å². The first-order valence-corrected chi connectivity index (χ1v) is 6.62. The molecule has 0 aromatic heterocycles. The molecular weight excluding hydrogens is 250 g/mol. The van der Waals surface area contributed by atoms with Crippen LogP contribution < -0.4 is 4.90 Å². The van der Waals surface area contributed by atoms with E-state index in [0.29, 0.717) is 24.3 Å². The molecule has 0 aliphatic carbocycles. The van der Waals surface area contributed by atoms with Crippen LogP contribution in [0.5, 0.6) is 0 Å². The number of carbonyl (C=O) groups excluding carboxylic acids is 3. The number of thioether (sulfide) groups is 1. The van der Waals surface area contributed by atoms with Gasteiger partial charge in [0.2, 0.25) is 5.91 Å². The van der Waals surface area contributed by atoms with Gasteiger partial charge in [0.25, 0.3) is 0 Å². The van der Waals surface area contributed by atoms with Crippen molar-refractivity contribution < 1.29 is 14.4 Å². The molecule has 1 aromatic rings. The first-order chi connectivity index (χ1) is 8.61. The fourth-order valence-corrected chi connectivity index (χ4v) is 2.72. The zero-order valence-corrected chi connectivity index (χ0v) is 10.8. The molecule has 4 nitrogen and oxygen atoms in total. The van der Waals surface area contributed by atoms with Crippen molar-refractivity contribution in [3.8, 4) is 0 Å². The van der Waals surface area contributed by atoms with Gasteiger partial charge in [-0.05, 0) is 19.1 Å². The third kappa shape index (κ3) is 2.61. The molecule has 1 aromatic carbocycles. The van der Waals surface area contributed by atoms with Crippen LogP contribution in [0.2, 0.25) is 0 Å². The van der Waals surface area contributed by atoms with Crippen LogP contribution >= 0.6 is 11.8 Å². The molecule has 0 N–H and O–H groups in total. The standard InChI is InChI=1S/C13H13NO3S/c1-9(16)4-5-14-11-6-10(7-15)2-3-12(11)18-8-13(14)17/h2-3,6-7H,4-5,8H2,1H3. The Morgan fingerprint density at radius 2 is 2.28 bits per heavy atom. The molecule has 0 fully saturated rings. The van der Waals surface area contributed by atoms with Crippen LogP contribution in [0.25, 0.3) is 0 Å². The van der Waals surface area contributed by atoms with Gasteiger partial charge < -0.3 is 4.90 Å². The average molecular weight is 263 g/mol. The largest absolute Gasteiger partial charge is 0.310 e. The molecule has 1 aliphatic heterocycles. The van der Waals surface area contributed by atoms with Gasteiger partial charge in [-0.1, -0.05) is 6.07 Å². The van der Waals surface area contributed by atoms with E-state index in [0.717, 1.165) is 16.9 Å². The second-order valence-corrected chi connectivity index (χ2v) is 5.15. The van der Waals surface area contributed by atoms with Gasteiger partial charge in [-0.2, -0.15) is 0 Å². The van der Waals surface area contributed by atoms with Crippen LogP contribution in [-0.4, -0.2) is 30.3 Å².